The molecular weight excluding hydrogens is 208 g/mol. The molecule has 1 heterocycles. The first-order valence-corrected chi connectivity index (χ1v) is 6.39. The quantitative estimate of drug-likeness (QED) is 0.854. The van der Waals surface area contributed by atoms with Gasteiger partial charge in [-0.25, -0.2) is 0 Å². The Labute approximate surface area is 103 Å². The largest absolute Gasteiger partial charge is 0.346 e. The highest BCUT2D eigenvalue weighted by Gasteiger charge is 2.36. The van der Waals surface area contributed by atoms with Crippen LogP contribution >= 0.6 is 0 Å². The molecule has 0 saturated heterocycles. The molecule has 3 rings (SSSR count). The number of rotatable bonds is 3. The van der Waals surface area contributed by atoms with Gasteiger partial charge in [-0.2, -0.15) is 0 Å². The van der Waals surface area contributed by atoms with Gasteiger partial charge in [-0.1, -0.05) is 18.2 Å². The zero-order valence-electron chi connectivity index (χ0n) is 10.9. The van der Waals surface area contributed by atoms with Crippen LogP contribution < -0.4 is 5.32 Å². The van der Waals surface area contributed by atoms with Gasteiger partial charge in [0.1, 0.15) is 0 Å². The lowest BCUT2D eigenvalue weighted by Gasteiger charge is -2.13. The number of hydrogen-bond donors (Lipinski definition) is 1. The van der Waals surface area contributed by atoms with Crippen LogP contribution in [0.4, 0.5) is 0 Å². The van der Waals surface area contributed by atoms with E-state index in [4.69, 9.17) is 0 Å². The topological polar surface area (TPSA) is 17.0 Å². The first kappa shape index (κ1) is 10.8. The summed E-state index contributed by atoms with van der Waals surface area (Å²) in [6.07, 6.45) is 2.63. The van der Waals surface area contributed by atoms with Gasteiger partial charge in [-0.05, 0) is 38.3 Å². The Morgan fingerprint density at radius 2 is 2.00 bits per heavy atom. The Balaban J connectivity index is 1.97. The normalized spacial score (nSPS) is 17.6. The standard InChI is InChI=1S/C15H20N2/c1-11-12-6-4-5-7-13(12)17(3)14(11)10-16-15(2)8-9-15/h4-7,16H,8-10H2,1-3H3. The van der Waals surface area contributed by atoms with Gasteiger partial charge in [0.05, 0.1) is 0 Å². The Morgan fingerprint density at radius 1 is 1.29 bits per heavy atom. The SMILES string of the molecule is Cc1c(CNC2(C)CC2)n(C)c2ccccc12. The van der Waals surface area contributed by atoms with Crippen LogP contribution in [-0.2, 0) is 13.6 Å². The van der Waals surface area contributed by atoms with Gasteiger partial charge < -0.3 is 9.88 Å². The highest BCUT2D eigenvalue weighted by Crippen LogP contribution is 2.35. The number of hydrogen-bond acceptors (Lipinski definition) is 1. The fourth-order valence-corrected chi connectivity index (χ4v) is 2.55. The molecule has 0 radical (unpaired) electrons. The van der Waals surface area contributed by atoms with Crippen LogP contribution in [0.25, 0.3) is 10.9 Å². The summed E-state index contributed by atoms with van der Waals surface area (Å²) in [6.45, 7) is 5.52. The maximum atomic E-state index is 3.67. The molecule has 1 aromatic carbocycles. The maximum absolute atomic E-state index is 3.67. The molecule has 0 aliphatic heterocycles. The number of fused-ring (bicyclic) bond motifs is 1. The summed E-state index contributed by atoms with van der Waals surface area (Å²) in [5, 5.41) is 5.05. The fraction of sp³-hybridized carbons (Fsp3) is 0.467. The molecule has 90 valence electrons. The molecule has 1 saturated carbocycles. The van der Waals surface area contributed by atoms with Crippen molar-refractivity contribution in [3.05, 3.63) is 35.5 Å². The average molecular weight is 228 g/mol. The van der Waals surface area contributed by atoms with Crippen molar-refractivity contribution >= 4 is 10.9 Å². The molecule has 2 heteroatoms. The van der Waals surface area contributed by atoms with Crippen LogP contribution in [0, 0.1) is 6.92 Å². The summed E-state index contributed by atoms with van der Waals surface area (Å²) in [4.78, 5) is 0. The predicted octanol–water partition coefficient (Wildman–Crippen LogP) is 3.13. The van der Waals surface area contributed by atoms with Crippen LogP contribution in [0.15, 0.2) is 24.3 Å². The molecule has 0 amide bonds. The van der Waals surface area contributed by atoms with Crippen LogP contribution in [0.1, 0.15) is 31.0 Å². The predicted molar refractivity (Wildman–Crippen MR) is 72.1 cm³/mol. The molecule has 0 unspecified atom stereocenters. The highest BCUT2D eigenvalue weighted by molar-refractivity contribution is 5.85. The second-order valence-corrected chi connectivity index (χ2v) is 5.56. The lowest BCUT2D eigenvalue weighted by atomic mass is 10.1. The molecule has 17 heavy (non-hydrogen) atoms. The maximum Gasteiger partial charge on any atom is 0.0483 e. The van der Waals surface area contributed by atoms with E-state index < -0.39 is 0 Å². The van der Waals surface area contributed by atoms with E-state index in [2.05, 4.69) is 55.0 Å². The Hall–Kier alpha value is -1.28. The van der Waals surface area contributed by atoms with E-state index in [1.54, 1.807) is 0 Å². The fourth-order valence-electron chi connectivity index (χ4n) is 2.55. The lowest BCUT2D eigenvalue weighted by molar-refractivity contribution is 0.524. The van der Waals surface area contributed by atoms with E-state index in [9.17, 15) is 0 Å². The summed E-state index contributed by atoms with van der Waals surface area (Å²) in [5.74, 6) is 0. The van der Waals surface area contributed by atoms with E-state index in [1.807, 2.05) is 0 Å². The van der Waals surface area contributed by atoms with E-state index in [0.717, 1.165) is 6.54 Å². The van der Waals surface area contributed by atoms with Gasteiger partial charge in [0.15, 0.2) is 0 Å². The number of benzene rings is 1. The van der Waals surface area contributed by atoms with Crippen LogP contribution in [0.5, 0.6) is 0 Å². The van der Waals surface area contributed by atoms with Gasteiger partial charge >= 0.3 is 0 Å². The number of nitrogens with one attached hydrogen (secondary N) is 1. The Morgan fingerprint density at radius 3 is 2.65 bits per heavy atom. The Bertz CT molecular complexity index is 523. The van der Waals surface area contributed by atoms with Gasteiger partial charge in [0.2, 0.25) is 0 Å². The number of para-hydroxylation sites is 1. The molecule has 1 aliphatic carbocycles. The average Bonchev–Trinajstić information content (AvgIpc) is 3.01. The molecule has 0 spiro atoms. The third kappa shape index (κ3) is 1.77. The number of aryl methyl sites for hydroxylation is 2. The molecule has 1 aromatic heterocycles. The molecule has 1 aliphatic rings. The van der Waals surface area contributed by atoms with E-state index in [1.165, 1.54) is 35.0 Å². The third-order valence-corrected chi connectivity index (χ3v) is 4.19. The first-order valence-electron chi connectivity index (χ1n) is 6.39. The number of nitrogens with zero attached hydrogens (tertiary/aromatic N) is 1. The van der Waals surface area contributed by atoms with Crippen LogP contribution in [0.2, 0.25) is 0 Å². The zero-order valence-corrected chi connectivity index (χ0v) is 10.9. The first-order chi connectivity index (χ1) is 8.11. The highest BCUT2D eigenvalue weighted by atomic mass is 15.1. The minimum absolute atomic E-state index is 0.406. The van der Waals surface area contributed by atoms with Crippen molar-refractivity contribution < 1.29 is 0 Å². The van der Waals surface area contributed by atoms with Gasteiger partial charge in [0, 0.05) is 35.7 Å². The van der Waals surface area contributed by atoms with E-state index in [0.29, 0.717) is 5.54 Å². The smallest absolute Gasteiger partial charge is 0.0483 e. The molecule has 2 aromatic rings. The van der Waals surface area contributed by atoms with Crippen LogP contribution in [0.3, 0.4) is 0 Å². The third-order valence-electron chi connectivity index (χ3n) is 4.19. The molecule has 1 N–H and O–H groups in total. The number of aromatic nitrogens is 1. The van der Waals surface area contributed by atoms with Crippen molar-refractivity contribution in [2.45, 2.75) is 38.8 Å². The van der Waals surface area contributed by atoms with Crippen molar-refractivity contribution in [1.82, 2.24) is 9.88 Å². The van der Waals surface area contributed by atoms with Crippen molar-refractivity contribution in [3.63, 3.8) is 0 Å². The van der Waals surface area contributed by atoms with Crippen molar-refractivity contribution in [2.75, 3.05) is 0 Å². The monoisotopic (exact) mass is 228 g/mol. The molecular formula is C15H20N2. The van der Waals surface area contributed by atoms with Crippen molar-refractivity contribution in [2.24, 2.45) is 7.05 Å². The van der Waals surface area contributed by atoms with Gasteiger partial charge in [-0.3, -0.25) is 0 Å². The van der Waals surface area contributed by atoms with Crippen molar-refractivity contribution in [1.29, 1.82) is 0 Å². The van der Waals surface area contributed by atoms with Gasteiger partial charge in [-0.15, -0.1) is 0 Å². The minimum atomic E-state index is 0.406. The second kappa shape index (κ2) is 3.61. The molecule has 0 bridgehead atoms. The summed E-state index contributed by atoms with van der Waals surface area (Å²) >= 11 is 0. The van der Waals surface area contributed by atoms with Crippen molar-refractivity contribution in [3.8, 4) is 0 Å². The molecule has 2 nitrogen and oxygen atoms in total. The molecule has 1 fully saturated rings. The van der Waals surface area contributed by atoms with Crippen LogP contribution in [-0.4, -0.2) is 10.1 Å². The molecule has 0 atom stereocenters. The minimum Gasteiger partial charge on any atom is -0.346 e. The van der Waals surface area contributed by atoms with E-state index in [-0.39, 0.29) is 0 Å². The Kier molecular flexibility index (Phi) is 2.30. The van der Waals surface area contributed by atoms with E-state index >= 15 is 0 Å². The summed E-state index contributed by atoms with van der Waals surface area (Å²) in [7, 11) is 2.17. The summed E-state index contributed by atoms with van der Waals surface area (Å²) < 4.78 is 2.32. The van der Waals surface area contributed by atoms with Gasteiger partial charge in [0.25, 0.3) is 0 Å². The zero-order chi connectivity index (χ0) is 12.0. The summed E-state index contributed by atoms with van der Waals surface area (Å²) in [6, 6.07) is 8.65. The second-order valence-electron chi connectivity index (χ2n) is 5.56. The summed E-state index contributed by atoms with van der Waals surface area (Å²) in [5.41, 5.74) is 4.57. The lowest BCUT2D eigenvalue weighted by Crippen LogP contribution is -2.28.